The minimum atomic E-state index is -1.51. The Bertz CT molecular complexity index is 4020. The van der Waals surface area contributed by atoms with Gasteiger partial charge >= 0.3 is 7.12 Å². The molecule has 2 aliphatic heterocycles. The molecule has 95 heavy (non-hydrogen) atoms. The summed E-state index contributed by atoms with van der Waals surface area (Å²) >= 11 is 6.19. The lowest BCUT2D eigenvalue weighted by Crippen LogP contribution is -2.54. The van der Waals surface area contributed by atoms with Gasteiger partial charge in [-0.2, -0.15) is 0 Å². The van der Waals surface area contributed by atoms with Crippen LogP contribution in [0.5, 0.6) is 11.5 Å². The molecule has 0 unspecified atom stereocenters. The van der Waals surface area contributed by atoms with E-state index in [-0.39, 0.29) is 31.8 Å². The van der Waals surface area contributed by atoms with Crippen molar-refractivity contribution in [3.63, 3.8) is 0 Å². The average molecular weight is 1320 g/mol. The van der Waals surface area contributed by atoms with Crippen molar-refractivity contribution in [3.05, 3.63) is 203 Å². The maximum absolute atomic E-state index is 12.9. The van der Waals surface area contributed by atoms with Crippen molar-refractivity contribution in [2.45, 2.75) is 101 Å². The highest BCUT2D eigenvalue weighted by molar-refractivity contribution is 7.67. The van der Waals surface area contributed by atoms with E-state index in [1.807, 2.05) is 139 Å². The normalized spacial score (nSPS) is 16.7. The predicted octanol–water partition coefficient (Wildman–Crippen LogP) is 11.3. The van der Waals surface area contributed by atoms with Gasteiger partial charge in [0, 0.05) is 101 Å². The third-order valence-corrected chi connectivity index (χ3v) is 22.1. The zero-order chi connectivity index (χ0) is 67.0. The Morgan fingerprint density at radius 1 is 0.484 bits per heavy atom. The first kappa shape index (κ1) is 68.9. The van der Waals surface area contributed by atoms with Crippen molar-refractivity contribution in [1.82, 2.24) is 30.2 Å². The number of fused-ring (bicyclic) bond motifs is 2. The monoisotopic (exact) mass is 1320 g/mol. The molecule has 0 bridgehead atoms. The summed E-state index contributed by atoms with van der Waals surface area (Å²) in [6.45, 7) is 8.12. The first-order valence-corrected chi connectivity index (χ1v) is 34.5. The fourth-order valence-electron chi connectivity index (χ4n) is 13.3. The average Bonchev–Trinajstić information content (AvgIpc) is 0.806. The Morgan fingerprint density at radius 2 is 0.895 bits per heavy atom. The van der Waals surface area contributed by atoms with Gasteiger partial charge in [-0.05, 0) is 117 Å². The van der Waals surface area contributed by atoms with E-state index in [1.165, 1.54) is 93.8 Å². The number of methoxy groups -OCH3 is 2. The molecule has 6 N–H and O–H groups in total. The number of anilines is 2. The molecular weight excluding hydrogens is 1230 g/mol. The number of carbonyl (C=O) groups excluding carboxylic acids is 4. The molecule has 2 saturated heterocycles. The van der Waals surface area contributed by atoms with Crippen LogP contribution in [0.4, 0.5) is 11.6 Å². The number of halogens is 1. The Labute approximate surface area is 562 Å². The van der Waals surface area contributed by atoms with Gasteiger partial charge in [-0.1, -0.05) is 173 Å². The maximum atomic E-state index is 12.9. The SMILES string of the molecule is COc1cccc(OC)c1P(C1CCCCC1)C1CCCCC1.C[C@@H]1CN(C(=O)c2ccccc2)CCN1c1nnc(-c2ccc(C(N)=O)cc2)c2ccccc12.C[C@@H]1CN(C(=O)c2ccccc2)CCN1c1nnc(Cl)c2ccccc12.NC(=O)c1ccc(B(O)O)cc1. The summed E-state index contributed by atoms with van der Waals surface area (Å²) in [5.41, 5.74) is 16.3. The van der Waals surface area contributed by atoms with Crippen LogP contribution in [0.2, 0.25) is 5.15 Å². The molecule has 2 aliphatic carbocycles. The van der Waals surface area contributed by atoms with Gasteiger partial charge in [-0.15, -0.1) is 20.4 Å². The molecule has 0 radical (unpaired) electrons. The van der Waals surface area contributed by atoms with Crippen LogP contribution in [0, 0.1) is 0 Å². The number of amides is 4. The minimum absolute atomic E-state index is 0.0535. The number of rotatable bonds is 13. The van der Waals surface area contributed by atoms with Crippen LogP contribution in [0.3, 0.4) is 0 Å². The van der Waals surface area contributed by atoms with Gasteiger partial charge in [0.1, 0.15) is 17.2 Å². The highest BCUT2D eigenvalue weighted by Crippen LogP contribution is 2.58. The second-order valence-corrected chi connectivity index (χ2v) is 27.5. The van der Waals surface area contributed by atoms with E-state index < -0.39 is 18.9 Å². The highest BCUT2D eigenvalue weighted by atomic mass is 35.5. The molecule has 7 aromatic carbocycles. The van der Waals surface area contributed by atoms with Crippen LogP contribution in [0.25, 0.3) is 32.8 Å². The van der Waals surface area contributed by atoms with Crippen molar-refractivity contribution < 1.29 is 38.7 Å². The van der Waals surface area contributed by atoms with Gasteiger partial charge in [0.05, 0.1) is 19.5 Å². The number of carbonyl (C=O) groups is 4. The number of hydrogen-bond acceptors (Lipinski definition) is 14. The van der Waals surface area contributed by atoms with Crippen LogP contribution in [-0.2, 0) is 0 Å². The lowest BCUT2D eigenvalue weighted by molar-refractivity contribution is 0.0719. The highest BCUT2D eigenvalue weighted by Gasteiger charge is 2.37. The lowest BCUT2D eigenvalue weighted by atomic mass is 9.80. The smallest absolute Gasteiger partial charge is 0.488 e. The van der Waals surface area contributed by atoms with Gasteiger partial charge in [-0.25, -0.2) is 0 Å². The number of benzene rings is 7. The first-order chi connectivity index (χ1) is 46.1. The van der Waals surface area contributed by atoms with E-state index in [0.717, 1.165) is 72.8 Å². The fraction of sp³-hybridized carbons (Fsp3) is 0.324. The summed E-state index contributed by atoms with van der Waals surface area (Å²) in [4.78, 5) is 55.9. The Hall–Kier alpha value is -9.00. The molecule has 13 rings (SSSR count). The predicted molar refractivity (Wildman–Crippen MR) is 381 cm³/mol. The molecule has 0 spiro atoms. The summed E-state index contributed by atoms with van der Waals surface area (Å²) in [5, 5.41) is 40.7. The maximum Gasteiger partial charge on any atom is 0.488 e. The van der Waals surface area contributed by atoms with Gasteiger partial charge in [-0.3, -0.25) is 19.2 Å². The van der Waals surface area contributed by atoms with E-state index in [0.29, 0.717) is 66.6 Å². The third kappa shape index (κ3) is 16.7. The number of nitrogens with zero attached hydrogens (tertiary/aromatic N) is 8. The summed E-state index contributed by atoms with van der Waals surface area (Å²) in [7, 11) is 1.92. The molecule has 2 aromatic heterocycles. The van der Waals surface area contributed by atoms with E-state index >= 15 is 0 Å². The third-order valence-electron chi connectivity index (χ3n) is 18.2. The quantitative estimate of drug-likeness (QED) is 0.0620. The van der Waals surface area contributed by atoms with Crippen LogP contribution >= 0.6 is 19.5 Å². The topological polar surface area (TPSA) is 244 Å². The van der Waals surface area contributed by atoms with E-state index in [1.54, 1.807) is 12.1 Å². The molecule has 21 heteroatoms. The molecule has 4 amide bonds. The zero-order valence-electron chi connectivity index (χ0n) is 54.3. The summed E-state index contributed by atoms with van der Waals surface area (Å²) < 4.78 is 11.6. The van der Waals surface area contributed by atoms with E-state index in [9.17, 15) is 19.2 Å². The number of hydrogen-bond donors (Lipinski definition) is 4. The van der Waals surface area contributed by atoms with Crippen LogP contribution in [0.1, 0.15) is 119 Å². The molecule has 18 nitrogen and oxygen atoms in total. The van der Waals surface area contributed by atoms with Crippen molar-refractivity contribution in [3.8, 4) is 22.8 Å². The lowest BCUT2D eigenvalue weighted by Gasteiger charge is -2.40. The second kappa shape index (κ2) is 32.9. The van der Waals surface area contributed by atoms with Crippen LogP contribution in [-0.4, -0.2) is 148 Å². The number of piperazine rings is 2. The van der Waals surface area contributed by atoms with Gasteiger partial charge < -0.3 is 50.6 Å². The van der Waals surface area contributed by atoms with Crippen molar-refractivity contribution in [1.29, 1.82) is 0 Å². The van der Waals surface area contributed by atoms with Crippen molar-refractivity contribution in [2.24, 2.45) is 11.5 Å². The first-order valence-electron chi connectivity index (χ1n) is 32.7. The second-order valence-electron chi connectivity index (χ2n) is 24.4. The van der Waals surface area contributed by atoms with Gasteiger partial charge in [0.25, 0.3) is 11.8 Å². The van der Waals surface area contributed by atoms with E-state index in [4.69, 9.17) is 42.6 Å². The summed E-state index contributed by atoms with van der Waals surface area (Å²) in [6.07, 6.45) is 14.1. The number of primary amides is 2. The van der Waals surface area contributed by atoms with Crippen molar-refractivity contribution >= 4 is 94.2 Å². The summed E-state index contributed by atoms with van der Waals surface area (Å²) in [6, 6.07) is 54.2. The zero-order valence-corrected chi connectivity index (χ0v) is 56.0. The van der Waals surface area contributed by atoms with Gasteiger partial charge in [0.2, 0.25) is 11.8 Å². The number of nitrogens with two attached hydrogens (primary N) is 2. The largest absolute Gasteiger partial charge is 0.496 e. The molecule has 2 saturated carbocycles. The summed E-state index contributed by atoms with van der Waals surface area (Å²) in [5.74, 6) is 2.89. The Kier molecular flexibility index (Phi) is 23.9. The Morgan fingerprint density at radius 3 is 1.33 bits per heavy atom. The van der Waals surface area contributed by atoms with Crippen molar-refractivity contribution in [2.75, 3.05) is 63.3 Å². The Balaban J connectivity index is 0.000000145. The molecule has 2 atom stereocenters. The number of ether oxygens (including phenoxy) is 2. The molecule has 4 aliphatic rings. The fourth-order valence-corrected chi connectivity index (χ4v) is 17.5. The number of aromatic nitrogens is 4. The minimum Gasteiger partial charge on any atom is -0.496 e. The molecular formula is C74H83BClN10O8P. The van der Waals surface area contributed by atoms with Crippen LogP contribution in [0.15, 0.2) is 176 Å². The molecule has 9 aromatic rings. The molecule has 492 valence electrons. The van der Waals surface area contributed by atoms with E-state index in [2.05, 4.69) is 68.3 Å². The van der Waals surface area contributed by atoms with Gasteiger partial charge in [0.15, 0.2) is 16.8 Å². The van der Waals surface area contributed by atoms with Crippen LogP contribution < -0.4 is 41.5 Å². The molecule has 4 heterocycles. The standard InChI is InChI=1S/C27H25N5O2.C20H19ClN4O.C20H31O2P.C7H8BNO3/c1-18-17-31(27(34)21-7-3-2-4-8-21)15-16-32(18)26-23-10-6-5-9-22(23)24(29-30-26)19-11-13-20(14-12-19)25(28)33;1-14-13-24(20(26)15-7-3-2-4-8-15)11-12-25(14)19-17-10-6-5-9-16(17)18(21)22-23-19;1-21-18-14-9-15-19(22-2)20(18)23(16-10-5-3-6-11-16)17-12-7-4-8-13-17;9-7(10)5-1-3-6(4-2-5)8(11)12/h2-14,18H,15-17H2,1H3,(H2,28,33);2-10,14H,11-13H2,1H3;9,14-17H,3-8,10-13H2,1-2H3;1-4,11-12H,(H2,9,10)/t18-;14-;;/m11../s1. The molecule has 4 fully saturated rings.